The van der Waals surface area contributed by atoms with Crippen molar-refractivity contribution in [2.75, 3.05) is 4.72 Å². The van der Waals surface area contributed by atoms with Crippen LogP contribution in [0.5, 0.6) is 0 Å². The molecule has 2 aromatic rings. The first kappa shape index (κ1) is 19.3. The monoisotopic (exact) mass is 380 g/mol. The second-order valence-corrected chi connectivity index (χ2v) is 8.90. The Balaban J connectivity index is 2.21. The summed E-state index contributed by atoms with van der Waals surface area (Å²) in [5, 5.41) is 3.37. The molecule has 2 aromatic carbocycles. The summed E-state index contributed by atoms with van der Waals surface area (Å²) in [6.07, 6.45) is 0. The van der Waals surface area contributed by atoms with Crippen LogP contribution in [-0.2, 0) is 15.8 Å². The molecule has 0 heterocycles. The molecule has 2 N–H and O–H groups in total. The maximum atomic E-state index is 12.4. The number of benzene rings is 2. The fraction of sp³-hybridized carbons (Fsp3) is 0.278. The van der Waals surface area contributed by atoms with Crippen molar-refractivity contribution >= 4 is 33.2 Å². The Morgan fingerprint density at radius 1 is 1.04 bits per heavy atom. The minimum atomic E-state index is -3.67. The number of carbonyl (C=O) groups is 1. The van der Waals surface area contributed by atoms with Crippen molar-refractivity contribution in [3.05, 3.63) is 64.7 Å². The second-order valence-electron chi connectivity index (χ2n) is 6.74. The number of halogens is 1. The van der Waals surface area contributed by atoms with Gasteiger partial charge in [-0.25, -0.2) is 8.42 Å². The SMILES string of the molecule is CC(C)(C)NC(=O)c1ccccc1NS(=O)(=O)Cc1ccc(Cl)cc1. The summed E-state index contributed by atoms with van der Waals surface area (Å²) in [7, 11) is -3.67. The summed E-state index contributed by atoms with van der Waals surface area (Å²) in [4.78, 5) is 12.4. The molecule has 1 amide bonds. The molecule has 25 heavy (non-hydrogen) atoms. The third kappa shape index (κ3) is 6.07. The van der Waals surface area contributed by atoms with Gasteiger partial charge in [0.15, 0.2) is 0 Å². The van der Waals surface area contributed by atoms with E-state index < -0.39 is 15.6 Å². The fourth-order valence-corrected chi connectivity index (χ4v) is 3.52. The molecule has 2 rings (SSSR count). The fourth-order valence-electron chi connectivity index (χ4n) is 2.18. The maximum absolute atomic E-state index is 12.4. The first-order valence-corrected chi connectivity index (χ1v) is 9.75. The second kappa shape index (κ2) is 7.45. The summed E-state index contributed by atoms with van der Waals surface area (Å²) in [5.41, 5.74) is 0.704. The van der Waals surface area contributed by atoms with E-state index in [9.17, 15) is 13.2 Å². The van der Waals surface area contributed by atoms with Gasteiger partial charge >= 0.3 is 0 Å². The molecule has 0 saturated heterocycles. The molecule has 0 aliphatic heterocycles. The smallest absolute Gasteiger partial charge is 0.253 e. The molecule has 134 valence electrons. The third-order valence-corrected chi connectivity index (χ3v) is 4.69. The van der Waals surface area contributed by atoms with Crippen LogP contribution in [0.3, 0.4) is 0 Å². The van der Waals surface area contributed by atoms with Crippen LogP contribution in [0.2, 0.25) is 5.02 Å². The lowest BCUT2D eigenvalue weighted by Crippen LogP contribution is -2.40. The first-order chi connectivity index (χ1) is 11.6. The Labute approximate surface area is 153 Å². The Bertz CT molecular complexity index is 857. The van der Waals surface area contributed by atoms with E-state index in [1.807, 2.05) is 20.8 Å². The molecule has 5 nitrogen and oxygen atoms in total. The first-order valence-electron chi connectivity index (χ1n) is 7.72. The topological polar surface area (TPSA) is 75.3 Å². The van der Waals surface area contributed by atoms with Crippen molar-refractivity contribution in [1.29, 1.82) is 0 Å². The number of nitrogens with one attached hydrogen (secondary N) is 2. The van der Waals surface area contributed by atoms with Gasteiger partial charge in [0.05, 0.1) is 17.0 Å². The van der Waals surface area contributed by atoms with Gasteiger partial charge in [-0.05, 0) is 50.6 Å². The van der Waals surface area contributed by atoms with Crippen molar-refractivity contribution in [3.8, 4) is 0 Å². The average Bonchev–Trinajstić information content (AvgIpc) is 2.47. The van der Waals surface area contributed by atoms with Gasteiger partial charge in [-0.15, -0.1) is 0 Å². The number of amides is 1. The standard InChI is InChI=1S/C18H21ClN2O3S/c1-18(2,3)20-17(22)15-6-4-5-7-16(15)21-25(23,24)12-13-8-10-14(19)11-9-13/h4-11,21H,12H2,1-3H3,(H,20,22). The van der Waals surface area contributed by atoms with Gasteiger partial charge in [0.25, 0.3) is 5.91 Å². The lowest BCUT2D eigenvalue weighted by Gasteiger charge is -2.21. The molecule has 0 aliphatic carbocycles. The van der Waals surface area contributed by atoms with Crippen molar-refractivity contribution in [3.63, 3.8) is 0 Å². The normalized spacial score (nSPS) is 11.8. The molecule has 0 spiro atoms. The largest absolute Gasteiger partial charge is 0.347 e. The Kier molecular flexibility index (Phi) is 5.75. The van der Waals surface area contributed by atoms with Crippen LogP contribution in [0.4, 0.5) is 5.69 Å². The molecule has 0 unspecified atom stereocenters. The van der Waals surface area contributed by atoms with Gasteiger partial charge in [0.2, 0.25) is 10.0 Å². The predicted octanol–water partition coefficient (Wildman–Crippen LogP) is 3.81. The number of hydrogen-bond donors (Lipinski definition) is 2. The van der Waals surface area contributed by atoms with Gasteiger partial charge in [0, 0.05) is 10.6 Å². The zero-order chi connectivity index (χ0) is 18.7. The van der Waals surface area contributed by atoms with E-state index in [-0.39, 0.29) is 22.9 Å². The number of para-hydroxylation sites is 1. The maximum Gasteiger partial charge on any atom is 0.253 e. The highest BCUT2D eigenvalue weighted by atomic mass is 35.5. The Morgan fingerprint density at radius 3 is 2.24 bits per heavy atom. The van der Waals surface area contributed by atoms with Crippen LogP contribution >= 0.6 is 11.6 Å². The molecule has 0 atom stereocenters. The average molecular weight is 381 g/mol. The van der Waals surface area contributed by atoms with Crippen LogP contribution in [0.1, 0.15) is 36.7 Å². The molecule has 0 fully saturated rings. The van der Waals surface area contributed by atoms with Crippen molar-refractivity contribution in [2.24, 2.45) is 0 Å². The highest BCUT2D eigenvalue weighted by Gasteiger charge is 2.20. The van der Waals surface area contributed by atoms with Crippen molar-refractivity contribution in [2.45, 2.75) is 32.1 Å². The number of hydrogen-bond acceptors (Lipinski definition) is 3. The molecule has 0 aliphatic rings. The molecular weight excluding hydrogens is 360 g/mol. The van der Waals surface area contributed by atoms with Crippen LogP contribution in [0.25, 0.3) is 0 Å². The van der Waals surface area contributed by atoms with E-state index in [1.54, 1.807) is 48.5 Å². The van der Waals surface area contributed by atoms with Crippen molar-refractivity contribution in [1.82, 2.24) is 5.32 Å². The zero-order valence-corrected chi connectivity index (χ0v) is 15.9. The highest BCUT2D eigenvalue weighted by molar-refractivity contribution is 7.91. The molecular formula is C18H21ClN2O3S. The lowest BCUT2D eigenvalue weighted by atomic mass is 10.1. The number of sulfonamides is 1. The molecule has 0 radical (unpaired) electrons. The Hall–Kier alpha value is -2.05. The Morgan fingerprint density at radius 2 is 1.64 bits per heavy atom. The van der Waals surface area contributed by atoms with E-state index in [4.69, 9.17) is 11.6 Å². The quantitative estimate of drug-likeness (QED) is 0.828. The molecule has 0 aromatic heterocycles. The predicted molar refractivity (Wildman–Crippen MR) is 101 cm³/mol. The number of carbonyl (C=O) groups excluding carboxylic acids is 1. The van der Waals surface area contributed by atoms with E-state index in [2.05, 4.69) is 10.0 Å². The summed E-state index contributed by atoms with van der Waals surface area (Å²) in [6.45, 7) is 5.58. The van der Waals surface area contributed by atoms with Crippen LogP contribution in [0, 0.1) is 0 Å². The van der Waals surface area contributed by atoms with Gasteiger partial charge in [-0.2, -0.15) is 0 Å². The third-order valence-electron chi connectivity index (χ3n) is 3.20. The van der Waals surface area contributed by atoms with Crippen LogP contribution in [0.15, 0.2) is 48.5 Å². The molecule has 0 bridgehead atoms. The lowest BCUT2D eigenvalue weighted by molar-refractivity contribution is 0.0920. The van der Waals surface area contributed by atoms with Gasteiger partial charge in [-0.1, -0.05) is 35.9 Å². The van der Waals surface area contributed by atoms with E-state index in [1.165, 1.54) is 0 Å². The van der Waals surface area contributed by atoms with E-state index in [0.717, 1.165) is 0 Å². The number of anilines is 1. The summed E-state index contributed by atoms with van der Waals surface area (Å²) in [6, 6.07) is 13.1. The highest BCUT2D eigenvalue weighted by Crippen LogP contribution is 2.20. The molecule has 7 heteroatoms. The van der Waals surface area contributed by atoms with Gasteiger partial charge in [0.1, 0.15) is 0 Å². The van der Waals surface area contributed by atoms with Gasteiger partial charge in [-0.3, -0.25) is 9.52 Å². The summed E-state index contributed by atoms with van der Waals surface area (Å²) >= 11 is 5.81. The van der Waals surface area contributed by atoms with Crippen LogP contribution < -0.4 is 10.0 Å². The molecule has 0 saturated carbocycles. The zero-order valence-electron chi connectivity index (χ0n) is 14.3. The van der Waals surface area contributed by atoms with Gasteiger partial charge < -0.3 is 5.32 Å². The van der Waals surface area contributed by atoms with Crippen LogP contribution in [-0.4, -0.2) is 19.9 Å². The number of rotatable bonds is 5. The minimum absolute atomic E-state index is 0.209. The minimum Gasteiger partial charge on any atom is -0.347 e. The summed E-state index contributed by atoms with van der Waals surface area (Å²) in [5.74, 6) is -0.545. The van der Waals surface area contributed by atoms with Crippen molar-refractivity contribution < 1.29 is 13.2 Å². The van der Waals surface area contributed by atoms with E-state index in [0.29, 0.717) is 10.6 Å². The summed E-state index contributed by atoms with van der Waals surface area (Å²) < 4.78 is 27.4. The van der Waals surface area contributed by atoms with E-state index >= 15 is 0 Å².